The normalized spacial score (nSPS) is 12.2. The number of carboxylic acid groups (broad SMARTS) is 1. The van der Waals surface area contributed by atoms with Crippen LogP contribution in [-0.4, -0.2) is 34.7 Å². The molecule has 1 atom stereocenters. The van der Waals surface area contributed by atoms with Gasteiger partial charge in [0.1, 0.15) is 11.8 Å². The zero-order chi connectivity index (χ0) is 20.2. The summed E-state index contributed by atoms with van der Waals surface area (Å²) in [6.07, 6.45) is -1.16. The highest BCUT2D eigenvalue weighted by Crippen LogP contribution is 2.31. The van der Waals surface area contributed by atoms with Gasteiger partial charge in [-0.3, -0.25) is 9.69 Å². The first-order valence-corrected chi connectivity index (χ1v) is 8.68. The summed E-state index contributed by atoms with van der Waals surface area (Å²) in [5.41, 5.74) is 1.27. The zero-order valence-corrected chi connectivity index (χ0v) is 16.3. The Labute approximate surface area is 159 Å². The van der Waals surface area contributed by atoms with Crippen molar-refractivity contribution < 1.29 is 19.4 Å². The summed E-state index contributed by atoms with van der Waals surface area (Å²) in [5.74, 6) is 0.188. The summed E-state index contributed by atoms with van der Waals surface area (Å²) >= 11 is 0. The highest BCUT2D eigenvalue weighted by molar-refractivity contribution is 5.98. The number of hydrogen-bond acceptors (Lipinski definition) is 3. The lowest BCUT2D eigenvalue weighted by Gasteiger charge is -2.39. The number of rotatable bonds is 5. The number of aryl methyl sites for hydroxylation is 1. The van der Waals surface area contributed by atoms with Crippen LogP contribution in [0.5, 0.6) is 5.75 Å². The molecule has 0 aliphatic rings. The quantitative estimate of drug-likeness (QED) is 0.814. The van der Waals surface area contributed by atoms with E-state index in [1.165, 1.54) is 4.90 Å². The van der Waals surface area contributed by atoms with Gasteiger partial charge in [-0.25, -0.2) is 4.79 Å². The first kappa shape index (κ1) is 20.3. The van der Waals surface area contributed by atoms with Gasteiger partial charge in [0, 0.05) is 17.3 Å². The van der Waals surface area contributed by atoms with Crippen molar-refractivity contribution in [1.82, 2.24) is 4.90 Å². The van der Waals surface area contributed by atoms with E-state index in [-0.39, 0.29) is 0 Å². The third-order valence-corrected chi connectivity index (χ3v) is 4.25. The van der Waals surface area contributed by atoms with Crippen molar-refractivity contribution in [2.24, 2.45) is 0 Å². The molecule has 0 saturated heterocycles. The number of ether oxygens (including phenoxy) is 1. The van der Waals surface area contributed by atoms with Gasteiger partial charge in [0.2, 0.25) is 0 Å². The van der Waals surface area contributed by atoms with Crippen LogP contribution in [0.1, 0.15) is 37.9 Å². The molecular formula is C21H26N2O4. The van der Waals surface area contributed by atoms with Crippen LogP contribution in [0.2, 0.25) is 0 Å². The zero-order valence-electron chi connectivity index (χ0n) is 16.3. The van der Waals surface area contributed by atoms with Gasteiger partial charge in [-0.05, 0) is 44.9 Å². The fourth-order valence-corrected chi connectivity index (χ4v) is 2.90. The molecule has 6 nitrogen and oxygen atoms in total. The van der Waals surface area contributed by atoms with Crippen molar-refractivity contribution in [3.63, 3.8) is 0 Å². The largest absolute Gasteiger partial charge is 0.497 e. The number of nitrogens with one attached hydrogen (secondary N) is 1. The SMILES string of the molecule is COc1ccc(C)c(NC(=O)C(c2ccccc2)N(C(=O)O)C(C)(C)C)c1. The Balaban J connectivity index is 2.48. The first-order valence-electron chi connectivity index (χ1n) is 8.68. The molecule has 2 aromatic rings. The first-order chi connectivity index (χ1) is 12.6. The van der Waals surface area contributed by atoms with Gasteiger partial charge in [0.05, 0.1) is 7.11 Å². The molecule has 0 fully saturated rings. The van der Waals surface area contributed by atoms with E-state index in [1.807, 2.05) is 19.1 Å². The minimum absolute atomic E-state index is 0.421. The third-order valence-electron chi connectivity index (χ3n) is 4.25. The second kappa shape index (κ2) is 8.12. The molecule has 0 aliphatic heterocycles. The molecule has 0 spiro atoms. The number of benzene rings is 2. The molecule has 6 heteroatoms. The Morgan fingerprint density at radius 1 is 1.11 bits per heavy atom. The summed E-state index contributed by atoms with van der Waals surface area (Å²) in [7, 11) is 1.55. The molecule has 0 bridgehead atoms. The van der Waals surface area contributed by atoms with Crippen LogP contribution in [0.25, 0.3) is 0 Å². The topological polar surface area (TPSA) is 78.9 Å². The molecule has 27 heavy (non-hydrogen) atoms. The van der Waals surface area contributed by atoms with Crippen LogP contribution in [0.3, 0.4) is 0 Å². The van der Waals surface area contributed by atoms with E-state index in [9.17, 15) is 14.7 Å². The number of amides is 2. The predicted molar refractivity (Wildman–Crippen MR) is 105 cm³/mol. The Morgan fingerprint density at radius 2 is 1.74 bits per heavy atom. The Bertz CT molecular complexity index is 813. The van der Waals surface area contributed by atoms with Crippen LogP contribution in [0, 0.1) is 6.92 Å². The second-order valence-corrected chi connectivity index (χ2v) is 7.31. The van der Waals surface area contributed by atoms with Gasteiger partial charge in [0.25, 0.3) is 5.91 Å². The molecule has 0 aliphatic carbocycles. The molecule has 144 valence electrons. The van der Waals surface area contributed by atoms with Crippen molar-refractivity contribution >= 4 is 17.7 Å². The maximum atomic E-state index is 13.2. The maximum absolute atomic E-state index is 13.2. The summed E-state index contributed by atoms with van der Waals surface area (Å²) in [4.78, 5) is 26.4. The van der Waals surface area contributed by atoms with Crippen LogP contribution in [0.15, 0.2) is 48.5 Å². The minimum atomic E-state index is -1.16. The number of nitrogens with zero attached hydrogens (tertiary/aromatic N) is 1. The van der Waals surface area contributed by atoms with Crippen molar-refractivity contribution in [2.45, 2.75) is 39.3 Å². The standard InChI is InChI=1S/C21H26N2O4/c1-14-11-12-16(27-5)13-17(14)22-19(24)18(15-9-7-6-8-10-15)23(20(25)26)21(2,3)4/h6-13,18H,1-5H3,(H,22,24)(H,25,26). The van der Waals surface area contributed by atoms with Crippen LogP contribution < -0.4 is 10.1 Å². The maximum Gasteiger partial charge on any atom is 0.408 e. The van der Waals surface area contributed by atoms with E-state index in [2.05, 4.69) is 5.32 Å². The Kier molecular flexibility index (Phi) is 6.10. The number of carbonyl (C=O) groups excluding carboxylic acids is 1. The van der Waals surface area contributed by atoms with Gasteiger partial charge >= 0.3 is 6.09 Å². The van der Waals surface area contributed by atoms with E-state index in [1.54, 1.807) is 64.3 Å². The summed E-state index contributed by atoms with van der Waals surface area (Å²) in [6.45, 7) is 7.16. The Hall–Kier alpha value is -3.02. The average Bonchev–Trinajstić information content (AvgIpc) is 2.60. The highest BCUT2D eigenvalue weighted by atomic mass is 16.5. The molecule has 0 radical (unpaired) electrons. The van der Waals surface area contributed by atoms with E-state index in [0.717, 1.165) is 5.56 Å². The Morgan fingerprint density at radius 3 is 2.26 bits per heavy atom. The minimum Gasteiger partial charge on any atom is -0.497 e. The third kappa shape index (κ3) is 4.78. The molecule has 2 N–H and O–H groups in total. The summed E-state index contributed by atoms with van der Waals surface area (Å²) in [6, 6.07) is 13.3. The lowest BCUT2D eigenvalue weighted by atomic mass is 9.97. The van der Waals surface area contributed by atoms with Gasteiger partial charge < -0.3 is 15.2 Å². The van der Waals surface area contributed by atoms with E-state index >= 15 is 0 Å². The number of methoxy groups -OCH3 is 1. The highest BCUT2D eigenvalue weighted by Gasteiger charge is 2.38. The smallest absolute Gasteiger partial charge is 0.408 e. The molecular weight excluding hydrogens is 344 g/mol. The molecule has 1 unspecified atom stereocenters. The van der Waals surface area contributed by atoms with Gasteiger partial charge in [-0.15, -0.1) is 0 Å². The number of carbonyl (C=O) groups is 2. The van der Waals surface area contributed by atoms with Crippen LogP contribution >= 0.6 is 0 Å². The molecule has 0 heterocycles. The van der Waals surface area contributed by atoms with Crippen molar-refractivity contribution in [3.8, 4) is 5.75 Å². The second-order valence-electron chi connectivity index (χ2n) is 7.31. The van der Waals surface area contributed by atoms with E-state index < -0.39 is 23.6 Å². The fourth-order valence-electron chi connectivity index (χ4n) is 2.90. The number of anilines is 1. The molecule has 2 amide bonds. The molecule has 2 aromatic carbocycles. The molecule has 0 aromatic heterocycles. The van der Waals surface area contributed by atoms with E-state index in [4.69, 9.17) is 4.74 Å². The van der Waals surface area contributed by atoms with Gasteiger partial charge in [-0.2, -0.15) is 0 Å². The van der Waals surface area contributed by atoms with Gasteiger partial charge in [0.15, 0.2) is 0 Å². The lowest BCUT2D eigenvalue weighted by Crippen LogP contribution is -2.50. The molecule has 0 saturated carbocycles. The summed E-state index contributed by atoms with van der Waals surface area (Å²) in [5, 5.41) is 12.7. The monoisotopic (exact) mass is 370 g/mol. The van der Waals surface area contributed by atoms with Gasteiger partial charge in [-0.1, -0.05) is 36.4 Å². The van der Waals surface area contributed by atoms with Crippen molar-refractivity contribution in [3.05, 3.63) is 59.7 Å². The average molecular weight is 370 g/mol. The number of hydrogen-bond donors (Lipinski definition) is 2. The van der Waals surface area contributed by atoms with E-state index in [0.29, 0.717) is 17.0 Å². The molecule has 2 rings (SSSR count). The fraction of sp³-hybridized carbons (Fsp3) is 0.333. The predicted octanol–water partition coefficient (Wildman–Crippen LogP) is 4.46. The lowest BCUT2D eigenvalue weighted by molar-refractivity contribution is -0.122. The van der Waals surface area contributed by atoms with Crippen LogP contribution in [-0.2, 0) is 4.79 Å². The van der Waals surface area contributed by atoms with Crippen molar-refractivity contribution in [2.75, 3.05) is 12.4 Å². The summed E-state index contributed by atoms with van der Waals surface area (Å²) < 4.78 is 5.22. The van der Waals surface area contributed by atoms with Crippen molar-refractivity contribution in [1.29, 1.82) is 0 Å². The van der Waals surface area contributed by atoms with Crippen LogP contribution in [0.4, 0.5) is 10.5 Å².